The Kier molecular flexibility index (Phi) is 4.43. The van der Waals surface area contributed by atoms with Crippen molar-refractivity contribution in [2.75, 3.05) is 26.8 Å². The van der Waals surface area contributed by atoms with E-state index in [9.17, 15) is 9.59 Å². The number of rotatable bonds is 4. The Labute approximate surface area is 130 Å². The number of benzene rings is 1. The highest BCUT2D eigenvalue weighted by Gasteiger charge is 2.42. The van der Waals surface area contributed by atoms with Crippen LogP contribution in [-0.4, -0.2) is 54.5 Å². The molecule has 22 heavy (non-hydrogen) atoms. The van der Waals surface area contributed by atoms with Crippen LogP contribution in [0.2, 0.25) is 0 Å². The highest BCUT2D eigenvalue weighted by molar-refractivity contribution is 5.89. The maximum absolute atomic E-state index is 12.8. The van der Waals surface area contributed by atoms with E-state index in [0.29, 0.717) is 19.0 Å². The van der Waals surface area contributed by atoms with Crippen molar-refractivity contribution < 1.29 is 14.3 Å². The summed E-state index contributed by atoms with van der Waals surface area (Å²) in [7, 11) is 1.51. The summed E-state index contributed by atoms with van der Waals surface area (Å²) < 4.78 is 4.94. The first kappa shape index (κ1) is 15.0. The van der Waals surface area contributed by atoms with Crippen LogP contribution in [0.1, 0.15) is 18.4 Å². The normalized spacial score (nSPS) is 24.5. The first-order valence-corrected chi connectivity index (χ1v) is 7.80. The first-order valence-electron chi connectivity index (χ1n) is 7.80. The summed E-state index contributed by atoms with van der Waals surface area (Å²) in [6, 6.07) is 9.70. The molecule has 2 heterocycles. The Morgan fingerprint density at radius 3 is 2.82 bits per heavy atom. The van der Waals surface area contributed by atoms with Gasteiger partial charge in [0, 0.05) is 26.7 Å². The fraction of sp³-hybridized carbons (Fsp3) is 0.529. The molecule has 1 aromatic rings. The molecule has 2 saturated heterocycles. The molecule has 3 rings (SSSR count). The van der Waals surface area contributed by atoms with Crippen LogP contribution in [-0.2, 0) is 20.9 Å². The van der Waals surface area contributed by atoms with Crippen LogP contribution in [0, 0.1) is 5.92 Å². The molecule has 0 aromatic heterocycles. The largest absolute Gasteiger partial charge is 0.375 e. The number of nitrogens with zero attached hydrogens (tertiary/aromatic N) is 2. The summed E-state index contributed by atoms with van der Waals surface area (Å²) in [6.07, 6.45) is 1.75. The van der Waals surface area contributed by atoms with E-state index in [-0.39, 0.29) is 24.5 Å². The quantitative estimate of drug-likeness (QED) is 0.842. The van der Waals surface area contributed by atoms with Gasteiger partial charge >= 0.3 is 0 Å². The molecule has 5 heteroatoms. The zero-order chi connectivity index (χ0) is 15.5. The van der Waals surface area contributed by atoms with Crippen molar-refractivity contribution >= 4 is 11.8 Å². The van der Waals surface area contributed by atoms with E-state index in [1.165, 1.54) is 7.11 Å². The van der Waals surface area contributed by atoms with E-state index in [1.54, 1.807) is 4.90 Å². The van der Waals surface area contributed by atoms with Crippen LogP contribution in [0.3, 0.4) is 0 Å². The van der Waals surface area contributed by atoms with E-state index in [4.69, 9.17) is 4.74 Å². The predicted octanol–water partition coefficient (Wildman–Crippen LogP) is 1.28. The second-order valence-electron chi connectivity index (χ2n) is 6.13. The van der Waals surface area contributed by atoms with E-state index < -0.39 is 0 Å². The van der Waals surface area contributed by atoms with Crippen molar-refractivity contribution in [1.82, 2.24) is 9.80 Å². The fourth-order valence-corrected chi connectivity index (χ4v) is 3.50. The Hall–Kier alpha value is -1.88. The zero-order valence-electron chi connectivity index (χ0n) is 12.9. The van der Waals surface area contributed by atoms with Crippen molar-refractivity contribution in [1.29, 1.82) is 0 Å². The topological polar surface area (TPSA) is 49.9 Å². The number of fused-ring (bicyclic) bond motifs is 2. The van der Waals surface area contributed by atoms with Gasteiger partial charge in [0.2, 0.25) is 11.8 Å². The fourth-order valence-electron chi connectivity index (χ4n) is 3.50. The lowest BCUT2D eigenvalue weighted by molar-refractivity contribution is -0.156. The smallest absolute Gasteiger partial charge is 0.249 e. The molecule has 0 saturated carbocycles. The van der Waals surface area contributed by atoms with Crippen LogP contribution in [0.5, 0.6) is 0 Å². The number of likely N-dealkylation sites (tertiary alicyclic amines) is 2. The van der Waals surface area contributed by atoms with Gasteiger partial charge in [-0.15, -0.1) is 0 Å². The number of piperidine rings is 2. The molecule has 2 atom stereocenters. The minimum atomic E-state index is -0.307. The average molecular weight is 302 g/mol. The lowest BCUT2D eigenvalue weighted by Gasteiger charge is -2.46. The van der Waals surface area contributed by atoms with E-state index in [2.05, 4.69) is 0 Å². The summed E-state index contributed by atoms with van der Waals surface area (Å²) in [5, 5.41) is 0. The molecule has 5 nitrogen and oxygen atoms in total. The molecule has 0 N–H and O–H groups in total. The molecule has 2 amide bonds. The van der Waals surface area contributed by atoms with Gasteiger partial charge in [0.05, 0.1) is 0 Å². The summed E-state index contributed by atoms with van der Waals surface area (Å²) in [4.78, 5) is 28.5. The van der Waals surface area contributed by atoms with Crippen molar-refractivity contribution in [2.45, 2.75) is 25.4 Å². The van der Waals surface area contributed by atoms with E-state index >= 15 is 0 Å². The van der Waals surface area contributed by atoms with E-state index in [1.807, 2.05) is 35.2 Å². The Bertz CT molecular complexity index is 546. The van der Waals surface area contributed by atoms with Crippen LogP contribution in [0.4, 0.5) is 0 Å². The number of ether oxygens (including phenoxy) is 1. The second-order valence-corrected chi connectivity index (χ2v) is 6.13. The van der Waals surface area contributed by atoms with Gasteiger partial charge in [0.15, 0.2) is 0 Å². The maximum atomic E-state index is 12.8. The van der Waals surface area contributed by atoms with Crippen LogP contribution < -0.4 is 0 Å². The predicted molar refractivity (Wildman–Crippen MR) is 82.0 cm³/mol. The molecule has 2 bridgehead atoms. The Balaban J connectivity index is 1.73. The van der Waals surface area contributed by atoms with Crippen LogP contribution in [0.15, 0.2) is 30.3 Å². The van der Waals surface area contributed by atoms with Crippen molar-refractivity contribution in [3.63, 3.8) is 0 Å². The average Bonchev–Trinajstić information content (AvgIpc) is 2.53. The number of carbonyl (C=O) groups excluding carboxylic acids is 2. The number of carbonyl (C=O) groups is 2. The second kappa shape index (κ2) is 6.48. The van der Waals surface area contributed by atoms with Gasteiger partial charge in [0.1, 0.15) is 12.6 Å². The van der Waals surface area contributed by atoms with Gasteiger partial charge in [0.25, 0.3) is 0 Å². The van der Waals surface area contributed by atoms with Gasteiger partial charge < -0.3 is 14.5 Å². The Morgan fingerprint density at radius 1 is 1.32 bits per heavy atom. The van der Waals surface area contributed by atoms with Gasteiger partial charge in [-0.05, 0) is 24.3 Å². The number of amides is 2. The van der Waals surface area contributed by atoms with Crippen LogP contribution in [0.25, 0.3) is 0 Å². The minimum absolute atomic E-state index is 0.0487. The molecular weight excluding hydrogens is 280 g/mol. The summed E-state index contributed by atoms with van der Waals surface area (Å²) in [5.41, 5.74) is 1.13. The molecule has 0 aliphatic carbocycles. The van der Waals surface area contributed by atoms with Gasteiger partial charge in [-0.1, -0.05) is 30.3 Å². The third-order valence-electron chi connectivity index (χ3n) is 4.59. The van der Waals surface area contributed by atoms with Gasteiger partial charge in [-0.2, -0.15) is 0 Å². The van der Waals surface area contributed by atoms with Gasteiger partial charge in [-0.3, -0.25) is 9.59 Å². The third-order valence-corrected chi connectivity index (χ3v) is 4.59. The molecule has 2 fully saturated rings. The number of hydrogen-bond donors (Lipinski definition) is 0. The monoisotopic (exact) mass is 302 g/mol. The van der Waals surface area contributed by atoms with Crippen LogP contribution >= 0.6 is 0 Å². The highest BCUT2D eigenvalue weighted by Crippen LogP contribution is 2.30. The van der Waals surface area contributed by atoms with Gasteiger partial charge in [-0.25, -0.2) is 0 Å². The molecule has 0 radical (unpaired) electrons. The highest BCUT2D eigenvalue weighted by atomic mass is 16.5. The summed E-state index contributed by atoms with van der Waals surface area (Å²) in [5.74, 6) is 0.489. The molecule has 1 aromatic carbocycles. The maximum Gasteiger partial charge on any atom is 0.249 e. The summed E-state index contributed by atoms with van der Waals surface area (Å²) >= 11 is 0. The molecule has 2 aliphatic rings. The lowest BCUT2D eigenvalue weighted by atomic mass is 9.85. The minimum Gasteiger partial charge on any atom is -0.375 e. The first-order chi connectivity index (χ1) is 10.7. The molecular formula is C17H22N2O3. The van der Waals surface area contributed by atoms with Crippen molar-refractivity contribution in [2.24, 2.45) is 5.92 Å². The molecule has 118 valence electrons. The number of hydrogen-bond acceptors (Lipinski definition) is 3. The molecule has 0 unspecified atom stereocenters. The zero-order valence-corrected chi connectivity index (χ0v) is 12.9. The molecule has 0 spiro atoms. The lowest BCUT2D eigenvalue weighted by Crippen LogP contribution is -2.60. The number of methoxy groups -OCH3 is 1. The SMILES string of the molecule is COCC(=O)N1CC[C@H]2C[C@@H]1C(=O)N(Cc1ccccc1)C2. The standard InChI is InChI=1S/C17H22N2O3/c1-22-12-16(20)19-8-7-14-9-15(19)17(21)18(11-14)10-13-5-3-2-4-6-13/h2-6,14-15H,7-12H2,1H3/t14-,15+/m0/s1. The summed E-state index contributed by atoms with van der Waals surface area (Å²) in [6.45, 7) is 2.14. The third kappa shape index (κ3) is 2.99. The van der Waals surface area contributed by atoms with Crippen molar-refractivity contribution in [3.8, 4) is 0 Å². The molecule has 2 aliphatic heterocycles. The Morgan fingerprint density at radius 2 is 2.09 bits per heavy atom. The van der Waals surface area contributed by atoms with E-state index in [0.717, 1.165) is 24.9 Å². The van der Waals surface area contributed by atoms with Crippen molar-refractivity contribution in [3.05, 3.63) is 35.9 Å².